The van der Waals surface area contributed by atoms with Crippen LogP contribution in [-0.4, -0.2) is 47.6 Å². The van der Waals surface area contributed by atoms with E-state index in [1.54, 1.807) is 11.0 Å². The number of nitrogens with zero attached hydrogens (tertiary/aromatic N) is 1. The van der Waals surface area contributed by atoms with Crippen LogP contribution in [0.4, 0.5) is 0 Å². The SMILES string of the molecule is CCCCCOc1ccc(C2/C(=C(/O)c3ccc4c(c3)CC(C)O4)C(=O)C(=O)N2CCc2ccccc2)cc1OCC. The molecule has 2 unspecified atom stereocenters. The lowest BCUT2D eigenvalue weighted by Crippen LogP contribution is -2.31. The van der Waals surface area contributed by atoms with Gasteiger partial charge in [0, 0.05) is 18.5 Å². The van der Waals surface area contributed by atoms with Gasteiger partial charge in [0.1, 0.15) is 17.6 Å². The van der Waals surface area contributed by atoms with E-state index in [1.165, 1.54) is 0 Å². The molecule has 5 rings (SSSR count). The third-order valence-electron chi connectivity index (χ3n) is 7.78. The number of benzene rings is 3. The second-order valence-corrected chi connectivity index (χ2v) is 10.9. The number of amides is 1. The lowest BCUT2D eigenvalue weighted by Gasteiger charge is -2.26. The number of ether oxygens (including phenoxy) is 3. The highest BCUT2D eigenvalue weighted by Gasteiger charge is 2.46. The summed E-state index contributed by atoms with van der Waals surface area (Å²) in [6, 6.07) is 20.0. The molecule has 2 heterocycles. The van der Waals surface area contributed by atoms with E-state index < -0.39 is 17.7 Å². The Morgan fingerprint density at radius 2 is 1.79 bits per heavy atom. The van der Waals surface area contributed by atoms with Crippen molar-refractivity contribution in [2.24, 2.45) is 0 Å². The first-order valence-electron chi connectivity index (χ1n) is 14.9. The zero-order valence-corrected chi connectivity index (χ0v) is 24.6. The number of aliphatic hydroxyl groups is 1. The smallest absolute Gasteiger partial charge is 0.295 e. The molecule has 1 fully saturated rings. The van der Waals surface area contributed by atoms with Gasteiger partial charge in [-0.1, -0.05) is 56.2 Å². The minimum absolute atomic E-state index is 0.0423. The predicted octanol–water partition coefficient (Wildman–Crippen LogP) is 6.64. The largest absolute Gasteiger partial charge is 0.507 e. The summed E-state index contributed by atoms with van der Waals surface area (Å²) in [5.41, 5.74) is 3.24. The minimum atomic E-state index is -0.787. The van der Waals surface area contributed by atoms with Crippen LogP contribution in [0.15, 0.2) is 72.3 Å². The molecule has 0 aromatic heterocycles. The van der Waals surface area contributed by atoms with Gasteiger partial charge >= 0.3 is 0 Å². The number of ketones is 1. The van der Waals surface area contributed by atoms with Crippen molar-refractivity contribution in [3.8, 4) is 17.2 Å². The summed E-state index contributed by atoms with van der Waals surface area (Å²) in [6.45, 7) is 7.35. The summed E-state index contributed by atoms with van der Waals surface area (Å²) in [6.07, 6.45) is 4.43. The molecular formula is C35H39NO6. The molecule has 1 saturated heterocycles. The number of carbonyl (C=O) groups is 2. The molecule has 42 heavy (non-hydrogen) atoms. The Balaban J connectivity index is 1.55. The summed E-state index contributed by atoms with van der Waals surface area (Å²) in [5.74, 6) is 0.409. The number of carbonyl (C=O) groups excluding carboxylic acids is 2. The van der Waals surface area contributed by atoms with Crippen LogP contribution < -0.4 is 14.2 Å². The molecule has 1 amide bonds. The maximum absolute atomic E-state index is 13.6. The maximum Gasteiger partial charge on any atom is 0.295 e. The van der Waals surface area contributed by atoms with Crippen LogP contribution in [0.5, 0.6) is 17.2 Å². The van der Waals surface area contributed by atoms with E-state index in [2.05, 4.69) is 6.92 Å². The van der Waals surface area contributed by atoms with E-state index in [1.807, 2.05) is 74.5 Å². The van der Waals surface area contributed by atoms with Gasteiger partial charge in [-0.05, 0) is 73.7 Å². The van der Waals surface area contributed by atoms with Crippen LogP contribution in [0.1, 0.15) is 68.3 Å². The zero-order chi connectivity index (χ0) is 29.6. The molecule has 1 N–H and O–H groups in total. The average molecular weight is 570 g/mol. The number of aliphatic hydroxyl groups excluding tert-OH is 1. The van der Waals surface area contributed by atoms with Gasteiger partial charge in [0.05, 0.1) is 24.8 Å². The molecule has 7 heteroatoms. The van der Waals surface area contributed by atoms with Gasteiger partial charge in [-0.2, -0.15) is 0 Å². The van der Waals surface area contributed by atoms with Gasteiger partial charge in [-0.15, -0.1) is 0 Å². The summed E-state index contributed by atoms with van der Waals surface area (Å²) < 4.78 is 17.8. The van der Waals surface area contributed by atoms with Crippen molar-refractivity contribution in [1.29, 1.82) is 0 Å². The number of unbranched alkanes of at least 4 members (excludes halogenated alkanes) is 2. The van der Waals surface area contributed by atoms with Crippen molar-refractivity contribution >= 4 is 17.4 Å². The van der Waals surface area contributed by atoms with Crippen LogP contribution in [0, 0.1) is 0 Å². The third-order valence-corrected chi connectivity index (χ3v) is 7.78. The van der Waals surface area contributed by atoms with Gasteiger partial charge in [0.15, 0.2) is 11.5 Å². The highest BCUT2D eigenvalue weighted by atomic mass is 16.5. The normalized spacial score (nSPS) is 19.1. The topological polar surface area (TPSA) is 85.3 Å². The van der Waals surface area contributed by atoms with E-state index in [9.17, 15) is 14.7 Å². The lowest BCUT2D eigenvalue weighted by molar-refractivity contribution is -0.139. The first kappa shape index (κ1) is 29.2. The van der Waals surface area contributed by atoms with E-state index in [0.29, 0.717) is 55.2 Å². The van der Waals surface area contributed by atoms with E-state index in [4.69, 9.17) is 14.2 Å². The van der Waals surface area contributed by atoms with Crippen LogP contribution in [0.3, 0.4) is 0 Å². The van der Waals surface area contributed by atoms with E-state index in [0.717, 1.165) is 36.1 Å². The highest BCUT2D eigenvalue weighted by Crippen LogP contribution is 2.43. The number of fused-ring (bicyclic) bond motifs is 1. The second-order valence-electron chi connectivity index (χ2n) is 10.9. The molecule has 0 spiro atoms. The fraction of sp³-hybridized carbons (Fsp3) is 0.371. The molecule has 0 aliphatic carbocycles. The minimum Gasteiger partial charge on any atom is -0.507 e. The van der Waals surface area contributed by atoms with Crippen molar-refractivity contribution < 1.29 is 28.9 Å². The Morgan fingerprint density at radius 1 is 0.976 bits per heavy atom. The Bertz CT molecular complexity index is 1460. The van der Waals surface area contributed by atoms with Gasteiger partial charge in [0.25, 0.3) is 11.7 Å². The quantitative estimate of drug-likeness (QED) is 0.114. The number of hydrogen-bond acceptors (Lipinski definition) is 6. The Labute approximate surface area is 247 Å². The van der Waals surface area contributed by atoms with Crippen molar-refractivity contribution in [2.45, 2.75) is 65.0 Å². The van der Waals surface area contributed by atoms with Crippen LogP contribution in [0.25, 0.3) is 5.76 Å². The monoisotopic (exact) mass is 569 g/mol. The molecule has 7 nitrogen and oxygen atoms in total. The molecule has 0 saturated carbocycles. The number of Topliss-reactive ketones (excluding diaryl/α,β-unsaturated/α-hetero) is 1. The van der Waals surface area contributed by atoms with Crippen molar-refractivity contribution in [3.05, 3.63) is 94.6 Å². The highest BCUT2D eigenvalue weighted by molar-refractivity contribution is 6.46. The predicted molar refractivity (Wildman–Crippen MR) is 162 cm³/mol. The molecule has 2 aliphatic rings. The van der Waals surface area contributed by atoms with Crippen LogP contribution in [-0.2, 0) is 22.4 Å². The maximum atomic E-state index is 13.6. The van der Waals surface area contributed by atoms with Gasteiger partial charge in [-0.25, -0.2) is 0 Å². The molecule has 220 valence electrons. The Kier molecular flexibility index (Phi) is 9.15. The van der Waals surface area contributed by atoms with Crippen LogP contribution in [0.2, 0.25) is 0 Å². The standard InChI is InChI=1S/C35H39NO6/c1-4-6-10-19-41-29-16-13-25(22-30(29)40-5-2)32-31(33(37)26-14-15-28-27(21-26)20-23(3)42-28)34(38)35(39)36(32)18-17-24-11-8-7-9-12-24/h7-9,11-16,21-23,32,37H,4-6,10,17-20H2,1-3H3/b33-31-. The number of rotatable bonds is 12. The number of likely N-dealkylation sites (tertiary alicyclic amines) is 1. The molecule has 2 aliphatic heterocycles. The average Bonchev–Trinajstić information content (AvgIpc) is 3.50. The molecule has 0 radical (unpaired) electrons. The van der Waals surface area contributed by atoms with E-state index in [-0.39, 0.29) is 17.4 Å². The van der Waals surface area contributed by atoms with E-state index >= 15 is 0 Å². The van der Waals surface area contributed by atoms with Crippen molar-refractivity contribution in [1.82, 2.24) is 4.90 Å². The molecule has 3 aromatic rings. The van der Waals surface area contributed by atoms with Crippen LogP contribution >= 0.6 is 0 Å². The fourth-order valence-corrected chi connectivity index (χ4v) is 5.69. The van der Waals surface area contributed by atoms with Crippen molar-refractivity contribution in [3.63, 3.8) is 0 Å². The molecular weight excluding hydrogens is 530 g/mol. The van der Waals surface area contributed by atoms with Gasteiger partial charge < -0.3 is 24.2 Å². The zero-order valence-electron chi connectivity index (χ0n) is 24.6. The summed E-state index contributed by atoms with van der Waals surface area (Å²) >= 11 is 0. The van der Waals surface area contributed by atoms with Gasteiger partial charge in [-0.3, -0.25) is 9.59 Å². The first-order valence-corrected chi connectivity index (χ1v) is 14.9. The lowest BCUT2D eigenvalue weighted by atomic mass is 9.94. The third kappa shape index (κ3) is 6.15. The summed E-state index contributed by atoms with van der Waals surface area (Å²) in [7, 11) is 0. The second kappa shape index (κ2) is 13.1. The summed E-state index contributed by atoms with van der Waals surface area (Å²) in [5, 5.41) is 11.6. The Morgan fingerprint density at radius 3 is 2.55 bits per heavy atom. The Hall–Kier alpha value is -4.26. The van der Waals surface area contributed by atoms with Gasteiger partial charge in [0.2, 0.25) is 0 Å². The number of hydrogen-bond donors (Lipinski definition) is 1. The molecule has 2 atom stereocenters. The first-order chi connectivity index (χ1) is 20.4. The van der Waals surface area contributed by atoms with Crippen molar-refractivity contribution in [2.75, 3.05) is 19.8 Å². The molecule has 0 bridgehead atoms. The fourth-order valence-electron chi connectivity index (χ4n) is 5.69. The summed E-state index contributed by atoms with van der Waals surface area (Å²) in [4.78, 5) is 28.7. The molecule has 3 aromatic carbocycles.